The van der Waals surface area contributed by atoms with Gasteiger partial charge in [-0.15, -0.1) is 0 Å². The highest BCUT2D eigenvalue weighted by atomic mass is 16.3. The van der Waals surface area contributed by atoms with Gasteiger partial charge in [-0.25, -0.2) is 0 Å². The maximum Gasteiger partial charge on any atom is 0.144 e. The molecule has 0 N–H and O–H groups in total. The molecule has 1 spiro atoms. The monoisotopic (exact) mass is 663 g/mol. The largest absolute Gasteiger partial charge is 0.455 e. The third-order valence-corrected chi connectivity index (χ3v) is 11.6. The van der Waals surface area contributed by atoms with Gasteiger partial charge in [-0.2, -0.15) is 0 Å². The van der Waals surface area contributed by atoms with Crippen molar-refractivity contribution in [3.05, 3.63) is 204 Å². The molecule has 0 amide bonds. The maximum absolute atomic E-state index is 9.09. The lowest BCUT2D eigenvalue weighted by Gasteiger charge is -2.31. The van der Waals surface area contributed by atoms with Crippen molar-refractivity contribution in [2.75, 3.05) is 0 Å². The third kappa shape index (κ3) is 3.38. The summed E-state index contributed by atoms with van der Waals surface area (Å²) in [5.74, 6) is 0. The predicted molar refractivity (Wildman–Crippen MR) is 216 cm³/mol. The second-order valence-electron chi connectivity index (χ2n) is 13.9. The van der Waals surface area contributed by atoms with E-state index in [9.17, 15) is 0 Å². The minimum absolute atomic E-state index is 0.196. The summed E-state index contributed by atoms with van der Waals surface area (Å²) >= 11 is 0. The van der Waals surface area contributed by atoms with Crippen LogP contribution in [0.4, 0.5) is 0 Å². The minimum atomic E-state index is -0.611. The first kappa shape index (κ1) is 23.7. The number of hydrogen-bond acceptors (Lipinski definition) is 1. The van der Waals surface area contributed by atoms with Crippen molar-refractivity contribution in [1.82, 2.24) is 0 Å². The van der Waals surface area contributed by atoms with Gasteiger partial charge in [0.1, 0.15) is 11.2 Å². The van der Waals surface area contributed by atoms with Gasteiger partial charge in [0, 0.05) is 16.3 Å². The smallest absolute Gasteiger partial charge is 0.144 e. The lowest BCUT2D eigenvalue weighted by molar-refractivity contribution is 0.669. The van der Waals surface area contributed by atoms with Gasteiger partial charge in [0.05, 0.1) is 12.3 Å². The molecule has 1 heterocycles. The molecule has 1 aromatic heterocycles. The number of benzene rings is 9. The standard InChI is InChI=1S/C51H30O/c1-2-16-31(17-3-1)46-34-20-4-6-22-36(34)47(37-23-7-5-21-35(37)46)40-30-44-49(50-48(40)39-25-11-15-29-45(39)52-50)38-24-10-14-28-43(38)51(44)41-26-12-8-18-32(41)33-19-9-13-27-42(33)51/h1-30H/i1D,2D,3D,16D,17D. The third-order valence-electron chi connectivity index (χ3n) is 11.6. The summed E-state index contributed by atoms with van der Waals surface area (Å²) in [4.78, 5) is 0. The molecule has 0 bridgehead atoms. The van der Waals surface area contributed by atoms with Crippen molar-refractivity contribution in [1.29, 1.82) is 0 Å². The van der Waals surface area contributed by atoms with Crippen LogP contribution in [0.25, 0.3) is 88.0 Å². The quantitative estimate of drug-likeness (QED) is 0.168. The zero-order valence-electron chi connectivity index (χ0n) is 32.8. The van der Waals surface area contributed by atoms with Gasteiger partial charge in [-0.05, 0) is 94.9 Å². The zero-order valence-corrected chi connectivity index (χ0v) is 27.8. The van der Waals surface area contributed by atoms with E-state index in [1.54, 1.807) is 0 Å². The molecular formula is C51H30O. The van der Waals surface area contributed by atoms with Crippen LogP contribution in [0.5, 0.6) is 0 Å². The van der Waals surface area contributed by atoms with Crippen molar-refractivity contribution in [2.45, 2.75) is 5.41 Å². The normalized spacial score (nSPS) is 14.9. The summed E-state index contributed by atoms with van der Waals surface area (Å²) < 4.78 is 50.9. The Morgan fingerprint density at radius 2 is 0.885 bits per heavy atom. The number of fused-ring (bicyclic) bond motifs is 16. The SMILES string of the molecule is [2H]c1c([2H])c([2H])c(-c2c3ccccc3c(-c3cc4c(c5oc6ccccc6c35)-c3ccccc3C43c4ccccc4-c4ccccc43)c3ccccc23)c([2H])c1[2H]. The van der Waals surface area contributed by atoms with E-state index in [2.05, 4.69) is 103 Å². The number of para-hydroxylation sites is 1. The molecule has 0 saturated heterocycles. The van der Waals surface area contributed by atoms with Crippen molar-refractivity contribution in [3.8, 4) is 44.5 Å². The molecule has 2 aliphatic rings. The summed E-state index contributed by atoms with van der Waals surface area (Å²) in [6.45, 7) is 0. The van der Waals surface area contributed by atoms with Gasteiger partial charge in [-0.3, -0.25) is 0 Å². The number of rotatable bonds is 2. The molecule has 0 fully saturated rings. The van der Waals surface area contributed by atoms with Crippen LogP contribution >= 0.6 is 0 Å². The van der Waals surface area contributed by atoms with E-state index >= 15 is 0 Å². The highest BCUT2D eigenvalue weighted by Crippen LogP contribution is 2.65. The Balaban J connectivity index is 1.31. The molecule has 0 atom stereocenters. The Bertz CT molecular complexity index is 3300. The summed E-state index contributed by atoms with van der Waals surface area (Å²) in [5.41, 5.74) is 13.4. The van der Waals surface area contributed by atoms with Gasteiger partial charge < -0.3 is 4.42 Å². The second-order valence-corrected chi connectivity index (χ2v) is 13.9. The molecule has 52 heavy (non-hydrogen) atoms. The summed E-state index contributed by atoms with van der Waals surface area (Å²) in [5, 5.41) is 5.48. The zero-order chi connectivity index (χ0) is 38.3. The maximum atomic E-state index is 9.09. The molecule has 2 aliphatic carbocycles. The predicted octanol–water partition coefficient (Wildman–Crippen LogP) is 13.6. The molecule has 1 nitrogen and oxygen atoms in total. The minimum Gasteiger partial charge on any atom is -0.455 e. The van der Waals surface area contributed by atoms with E-state index in [0.717, 1.165) is 71.3 Å². The van der Waals surface area contributed by atoms with E-state index in [-0.39, 0.29) is 29.7 Å². The first-order chi connectivity index (χ1) is 27.9. The number of furan rings is 1. The molecule has 0 aliphatic heterocycles. The Morgan fingerprint density at radius 1 is 0.404 bits per heavy atom. The Hall–Kier alpha value is -6.70. The molecule has 0 unspecified atom stereocenters. The molecular weight excluding hydrogens is 629 g/mol. The lowest BCUT2D eigenvalue weighted by Crippen LogP contribution is -2.25. The Kier molecular flexibility index (Phi) is 4.63. The number of hydrogen-bond donors (Lipinski definition) is 0. The van der Waals surface area contributed by atoms with Gasteiger partial charge in [0.25, 0.3) is 0 Å². The van der Waals surface area contributed by atoms with E-state index in [4.69, 9.17) is 11.3 Å². The van der Waals surface area contributed by atoms with E-state index in [1.807, 2.05) is 48.5 Å². The van der Waals surface area contributed by atoms with Gasteiger partial charge in [0.2, 0.25) is 0 Å². The molecule has 10 aromatic rings. The fourth-order valence-electron chi connectivity index (χ4n) is 9.71. The van der Waals surface area contributed by atoms with Crippen LogP contribution in [0.1, 0.15) is 29.1 Å². The van der Waals surface area contributed by atoms with Crippen molar-refractivity contribution in [2.24, 2.45) is 0 Å². The fraction of sp³-hybridized carbons (Fsp3) is 0.0196. The highest BCUT2D eigenvalue weighted by molar-refractivity contribution is 6.27. The summed E-state index contributed by atoms with van der Waals surface area (Å²) in [6, 6.07) is 51.7. The van der Waals surface area contributed by atoms with Crippen molar-refractivity contribution >= 4 is 43.5 Å². The first-order valence-corrected chi connectivity index (χ1v) is 17.7. The van der Waals surface area contributed by atoms with Gasteiger partial charge >= 0.3 is 0 Å². The van der Waals surface area contributed by atoms with Crippen LogP contribution < -0.4 is 0 Å². The van der Waals surface area contributed by atoms with Gasteiger partial charge in [-0.1, -0.05) is 170 Å². The van der Waals surface area contributed by atoms with Crippen LogP contribution in [0.3, 0.4) is 0 Å². The second kappa shape index (κ2) is 10.2. The summed E-state index contributed by atoms with van der Waals surface area (Å²) in [7, 11) is 0. The van der Waals surface area contributed by atoms with Gasteiger partial charge in [0.15, 0.2) is 0 Å². The van der Waals surface area contributed by atoms with Crippen molar-refractivity contribution < 1.29 is 11.3 Å². The average Bonchev–Trinajstić information content (AvgIpc) is 3.89. The molecule has 0 saturated carbocycles. The average molecular weight is 664 g/mol. The van der Waals surface area contributed by atoms with Crippen LogP contribution in [-0.2, 0) is 5.41 Å². The topological polar surface area (TPSA) is 13.1 Å². The molecule has 1 heteroatoms. The lowest BCUT2D eigenvalue weighted by atomic mass is 9.70. The molecule has 12 rings (SSSR count). The molecule has 0 radical (unpaired) electrons. The van der Waals surface area contributed by atoms with Crippen LogP contribution in [0, 0.1) is 0 Å². The Labute approximate surface area is 308 Å². The van der Waals surface area contributed by atoms with Crippen LogP contribution in [0.15, 0.2) is 186 Å². The van der Waals surface area contributed by atoms with E-state index in [0.29, 0.717) is 5.56 Å². The van der Waals surface area contributed by atoms with Crippen molar-refractivity contribution in [3.63, 3.8) is 0 Å². The fourth-order valence-corrected chi connectivity index (χ4v) is 9.71. The summed E-state index contributed by atoms with van der Waals surface area (Å²) in [6.07, 6.45) is 0. The highest BCUT2D eigenvalue weighted by Gasteiger charge is 2.52. The van der Waals surface area contributed by atoms with E-state index in [1.165, 1.54) is 27.8 Å². The first-order valence-electron chi connectivity index (χ1n) is 20.2. The van der Waals surface area contributed by atoms with E-state index < -0.39 is 11.5 Å². The van der Waals surface area contributed by atoms with Crippen LogP contribution in [0.2, 0.25) is 0 Å². The Morgan fingerprint density at radius 3 is 1.50 bits per heavy atom. The molecule has 9 aromatic carbocycles. The molecule has 240 valence electrons. The van der Waals surface area contributed by atoms with Crippen LogP contribution in [-0.4, -0.2) is 0 Å².